The maximum Gasteiger partial charge on any atom is 0.316 e. The first kappa shape index (κ1) is 8.01. The van der Waals surface area contributed by atoms with Gasteiger partial charge in [-0.3, -0.25) is 0 Å². The summed E-state index contributed by atoms with van der Waals surface area (Å²) in [5.41, 5.74) is 5.91. The van der Waals surface area contributed by atoms with Crippen molar-refractivity contribution in [2.24, 2.45) is 5.73 Å². The van der Waals surface area contributed by atoms with Crippen molar-refractivity contribution in [2.45, 2.75) is 20.3 Å². The maximum atomic E-state index is 10.1. The lowest BCUT2D eigenvalue weighted by molar-refractivity contribution is 0.252. The molecule has 3 heteroatoms. The number of carbonyl (C=O) groups excluding carboxylic acids is 1. The summed E-state index contributed by atoms with van der Waals surface area (Å²) in [6.45, 7) is 3.93. The molecule has 0 aliphatic carbocycles. The second-order valence-electron chi connectivity index (χ2n) is 1.85. The first-order chi connectivity index (χ1) is 4.16. The molecule has 0 saturated carbocycles. The Labute approximate surface area is 54.9 Å². The van der Waals surface area contributed by atoms with Crippen molar-refractivity contribution in [3.8, 4) is 0 Å². The average molecular weight is 128 g/mol. The molecule has 0 aliphatic rings. The van der Waals surface area contributed by atoms with E-state index < -0.39 is 6.03 Å². The van der Waals surface area contributed by atoms with Crippen LogP contribution in [-0.4, -0.2) is 6.03 Å². The van der Waals surface area contributed by atoms with Crippen LogP contribution in [0, 0.1) is 0 Å². The van der Waals surface area contributed by atoms with Gasteiger partial charge in [0.15, 0.2) is 0 Å². The van der Waals surface area contributed by atoms with E-state index in [2.05, 4.69) is 5.32 Å². The van der Waals surface area contributed by atoms with Crippen LogP contribution in [0.4, 0.5) is 4.79 Å². The van der Waals surface area contributed by atoms with Crippen LogP contribution in [0.25, 0.3) is 0 Å². The molecule has 0 aromatic heterocycles. The Morgan fingerprint density at radius 2 is 2.33 bits per heavy atom. The quantitative estimate of drug-likeness (QED) is 0.572. The van der Waals surface area contributed by atoms with E-state index >= 15 is 0 Å². The number of carbonyl (C=O) groups is 1. The minimum Gasteiger partial charge on any atom is -0.351 e. The highest BCUT2D eigenvalue weighted by Gasteiger charge is 1.85. The fourth-order valence-corrected chi connectivity index (χ4v) is 0.296. The molecule has 0 aromatic rings. The van der Waals surface area contributed by atoms with Crippen LogP contribution in [0.1, 0.15) is 20.3 Å². The number of hydrogen-bond donors (Lipinski definition) is 2. The molecule has 0 aliphatic heterocycles. The molecule has 2 amide bonds. The highest BCUT2D eigenvalue weighted by Crippen LogP contribution is 1.93. The molecule has 0 radical (unpaired) electrons. The Balaban J connectivity index is 3.56. The summed E-state index contributed by atoms with van der Waals surface area (Å²) in [6.07, 6.45) is 2.54. The third-order valence-corrected chi connectivity index (χ3v) is 1.02. The summed E-state index contributed by atoms with van der Waals surface area (Å²) in [4.78, 5) is 10.1. The first-order valence-electron chi connectivity index (χ1n) is 2.88. The van der Waals surface area contributed by atoms with E-state index in [1.807, 2.05) is 13.8 Å². The largest absolute Gasteiger partial charge is 0.351 e. The summed E-state index contributed by atoms with van der Waals surface area (Å²) >= 11 is 0. The van der Waals surface area contributed by atoms with Crippen molar-refractivity contribution >= 4 is 6.03 Å². The van der Waals surface area contributed by atoms with Gasteiger partial charge in [0.25, 0.3) is 0 Å². The Morgan fingerprint density at radius 1 is 1.78 bits per heavy atom. The third-order valence-electron chi connectivity index (χ3n) is 1.02. The van der Waals surface area contributed by atoms with Crippen molar-refractivity contribution < 1.29 is 4.79 Å². The van der Waals surface area contributed by atoms with Gasteiger partial charge in [0.05, 0.1) is 0 Å². The molecule has 3 N–H and O–H groups in total. The Hall–Kier alpha value is -0.990. The van der Waals surface area contributed by atoms with E-state index in [9.17, 15) is 4.79 Å². The molecule has 0 saturated heterocycles. The van der Waals surface area contributed by atoms with E-state index in [4.69, 9.17) is 5.73 Å². The number of amides is 2. The van der Waals surface area contributed by atoms with Gasteiger partial charge in [0, 0.05) is 6.20 Å². The predicted octanol–water partition coefficient (Wildman–Crippen LogP) is 0.969. The monoisotopic (exact) mass is 128 g/mol. The standard InChI is InChI=1S/C6H12N2O/c1-3-5(2)4-8-6(7)9/h4H,3H2,1-2H3,(H3,7,8,9). The fourth-order valence-electron chi connectivity index (χ4n) is 0.296. The topological polar surface area (TPSA) is 55.1 Å². The summed E-state index contributed by atoms with van der Waals surface area (Å²) < 4.78 is 0. The first-order valence-corrected chi connectivity index (χ1v) is 2.88. The normalized spacial score (nSPS) is 11.1. The zero-order valence-corrected chi connectivity index (χ0v) is 5.77. The number of rotatable bonds is 2. The van der Waals surface area contributed by atoms with E-state index in [1.165, 1.54) is 0 Å². The van der Waals surface area contributed by atoms with Gasteiger partial charge < -0.3 is 11.1 Å². The molecule has 3 nitrogen and oxygen atoms in total. The molecule has 0 spiro atoms. The van der Waals surface area contributed by atoms with Crippen LogP contribution in [0.15, 0.2) is 11.8 Å². The molecule has 0 bridgehead atoms. The third kappa shape index (κ3) is 4.87. The van der Waals surface area contributed by atoms with E-state index in [-0.39, 0.29) is 0 Å². The molecule has 0 aromatic carbocycles. The average Bonchev–Trinajstić information content (AvgIpc) is 1.83. The van der Waals surface area contributed by atoms with Gasteiger partial charge in [-0.25, -0.2) is 4.79 Å². The van der Waals surface area contributed by atoms with Gasteiger partial charge in [0.2, 0.25) is 0 Å². The van der Waals surface area contributed by atoms with E-state index in [1.54, 1.807) is 6.20 Å². The lowest BCUT2D eigenvalue weighted by atomic mass is 10.3. The van der Waals surface area contributed by atoms with Crippen molar-refractivity contribution in [3.63, 3.8) is 0 Å². The highest BCUT2D eigenvalue weighted by atomic mass is 16.2. The predicted molar refractivity (Wildman–Crippen MR) is 36.8 cm³/mol. The Bertz CT molecular complexity index is 129. The molecule has 52 valence electrons. The van der Waals surface area contributed by atoms with Crippen molar-refractivity contribution in [2.75, 3.05) is 0 Å². The zero-order chi connectivity index (χ0) is 7.28. The van der Waals surface area contributed by atoms with Crippen LogP contribution in [0.2, 0.25) is 0 Å². The number of hydrogen-bond acceptors (Lipinski definition) is 1. The van der Waals surface area contributed by atoms with Crippen LogP contribution in [0.5, 0.6) is 0 Å². The number of primary amides is 1. The van der Waals surface area contributed by atoms with Crippen LogP contribution < -0.4 is 11.1 Å². The number of nitrogens with two attached hydrogens (primary N) is 1. The molecule has 0 unspecified atom stereocenters. The van der Waals surface area contributed by atoms with Crippen molar-refractivity contribution in [1.82, 2.24) is 5.32 Å². The summed E-state index contributed by atoms with van der Waals surface area (Å²) in [5, 5.41) is 2.37. The van der Waals surface area contributed by atoms with Gasteiger partial charge >= 0.3 is 6.03 Å². The Kier molecular flexibility index (Phi) is 3.51. The number of allylic oxidation sites excluding steroid dienone is 1. The van der Waals surface area contributed by atoms with Crippen molar-refractivity contribution in [3.05, 3.63) is 11.8 Å². The van der Waals surface area contributed by atoms with Crippen molar-refractivity contribution in [1.29, 1.82) is 0 Å². The van der Waals surface area contributed by atoms with Gasteiger partial charge in [-0.15, -0.1) is 0 Å². The molecular weight excluding hydrogens is 116 g/mol. The number of urea groups is 1. The molecule has 0 rings (SSSR count). The van der Waals surface area contributed by atoms with E-state index in [0.29, 0.717) is 0 Å². The molecule has 0 fully saturated rings. The minimum absolute atomic E-state index is 0.511. The van der Waals surface area contributed by atoms with E-state index in [0.717, 1.165) is 12.0 Å². The van der Waals surface area contributed by atoms with Crippen LogP contribution >= 0.6 is 0 Å². The van der Waals surface area contributed by atoms with Crippen LogP contribution in [-0.2, 0) is 0 Å². The second-order valence-corrected chi connectivity index (χ2v) is 1.85. The summed E-state index contributed by atoms with van der Waals surface area (Å²) in [7, 11) is 0. The Morgan fingerprint density at radius 3 is 2.67 bits per heavy atom. The van der Waals surface area contributed by atoms with Gasteiger partial charge in [0.1, 0.15) is 0 Å². The highest BCUT2D eigenvalue weighted by molar-refractivity contribution is 5.72. The summed E-state index contributed by atoms with van der Waals surface area (Å²) in [5.74, 6) is 0. The molecular formula is C6H12N2O. The van der Waals surface area contributed by atoms with Gasteiger partial charge in [-0.1, -0.05) is 12.5 Å². The SMILES string of the molecule is CCC(C)=CNC(N)=O. The fraction of sp³-hybridized carbons (Fsp3) is 0.500. The molecule has 0 heterocycles. The summed E-state index contributed by atoms with van der Waals surface area (Å²) in [6, 6.07) is -0.511. The smallest absolute Gasteiger partial charge is 0.316 e. The zero-order valence-electron chi connectivity index (χ0n) is 5.77. The van der Waals surface area contributed by atoms with Crippen LogP contribution in [0.3, 0.4) is 0 Å². The number of nitrogens with one attached hydrogen (secondary N) is 1. The lowest BCUT2D eigenvalue weighted by Crippen LogP contribution is -2.24. The minimum atomic E-state index is -0.511. The van der Waals surface area contributed by atoms with Gasteiger partial charge in [-0.05, 0) is 13.3 Å². The maximum absolute atomic E-state index is 10.1. The van der Waals surface area contributed by atoms with Gasteiger partial charge in [-0.2, -0.15) is 0 Å². The molecule has 9 heavy (non-hydrogen) atoms. The second kappa shape index (κ2) is 3.95. The molecule has 0 atom stereocenters. The lowest BCUT2D eigenvalue weighted by Gasteiger charge is -1.94.